The van der Waals surface area contributed by atoms with Crippen LogP contribution in [0, 0.1) is 0 Å². The summed E-state index contributed by atoms with van der Waals surface area (Å²) in [6.45, 7) is 7.24. The second kappa shape index (κ2) is 5.72. The molecular weight excluding hydrogens is 328 g/mol. The number of thioether (sulfide) groups is 1. The van der Waals surface area contributed by atoms with Crippen LogP contribution in [0.1, 0.15) is 44.1 Å². The highest BCUT2D eigenvalue weighted by molar-refractivity contribution is 7.99. The van der Waals surface area contributed by atoms with Gasteiger partial charge in [-0.25, -0.2) is 4.98 Å². The Bertz CT molecular complexity index is 872. The Morgan fingerprint density at radius 2 is 2.30 bits per heavy atom. The van der Waals surface area contributed by atoms with Gasteiger partial charge in [-0.3, -0.25) is 4.40 Å². The van der Waals surface area contributed by atoms with Gasteiger partial charge in [-0.1, -0.05) is 25.6 Å². The maximum absolute atomic E-state index is 6.09. The first-order valence-corrected chi connectivity index (χ1v) is 9.86. The molecule has 3 aromatic rings. The first-order valence-electron chi connectivity index (χ1n) is 8.06. The fourth-order valence-electron chi connectivity index (χ4n) is 2.98. The molecule has 4 rings (SSSR count). The molecule has 0 unspecified atom stereocenters. The smallest absolute Gasteiger partial charge is 0.176 e. The quantitative estimate of drug-likeness (QED) is 0.525. The van der Waals surface area contributed by atoms with Gasteiger partial charge in [-0.2, -0.15) is 0 Å². The number of hydrogen-bond acceptors (Lipinski definition) is 6. The van der Waals surface area contributed by atoms with Crippen molar-refractivity contribution in [3.8, 4) is 0 Å². The minimum absolute atomic E-state index is 0.0896. The average Bonchev–Trinajstić information content (AvgIpc) is 3.16. The number of thiophene rings is 1. The van der Waals surface area contributed by atoms with Crippen LogP contribution in [-0.4, -0.2) is 30.9 Å². The molecule has 0 amide bonds. The normalized spacial score (nSPS) is 21.2. The number of rotatable bonds is 4. The zero-order chi connectivity index (χ0) is 16.0. The van der Waals surface area contributed by atoms with Gasteiger partial charge in [-0.15, -0.1) is 21.5 Å². The Hall–Kier alpha value is -1.18. The molecule has 0 bridgehead atoms. The summed E-state index contributed by atoms with van der Waals surface area (Å²) in [5.74, 6) is 1.05. The molecule has 1 aliphatic rings. The molecule has 0 aliphatic carbocycles. The van der Waals surface area contributed by atoms with Crippen LogP contribution in [-0.2, 0) is 17.8 Å². The summed E-state index contributed by atoms with van der Waals surface area (Å²) in [5, 5.41) is 10.7. The van der Waals surface area contributed by atoms with E-state index in [1.165, 1.54) is 15.8 Å². The summed E-state index contributed by atoms with van der Waals surface area (Å²) in [6, 6.07) is 0. The molecule has 23 heavy (non-hydrogen) atoms. The van der Waals surface area contributed by atoms with Gasteiger partial charge >= 0.3 is 0 Å². The number of fused-ring (bicyclic) bond motifs is 5. The fraction of sp³-hybridized carbons (Fsp3) is 0.562. The summed E-state index contributed by atoms with van der Waals surface area (Å²) in [6.07, 6.45) is 4.83. The lowest BCUT2D eigenvalue weighted by Crippen LogP contribution is -2.33. The molecular formula is C16H20N4OS2. The molecule has 122 valence electrons. The van der Waals surface area contributed by atoms with Crippen LogP contribution in [0.15, 0.2) is 11.5 Å². The molecule has 0 spiro atoms. The third-order valence-corrected chi connectivity index (χ3v) is 6.79. The highest BCUT2D eigenvalue weighted by atomic mass is 32.2. The Labute approximate surface area is 143 Å². The molecule has 5 nitrogen and oxygen atoms in total. The van der Waals surface area contributed by atoms with E-state index in [0.717, 1.165) is 40.6 Å². The van der Waals surface area contributed by atoms with Gasteiger partial charge in [0.05, 0.1) is 17.6 Å². The summed E-state index contributed by atoms with van der Waals surface area (Å²) < 4.78 is 8.13. The number of nitrogens with zero attached hydrogens (tertiary/aromatic N) is 4. The van der Waals surface area contributed by atoms with Crippen molar-refractivity contribution >= 4 is 39.0 Å². The zero-order valence-corrected chi connectivity index (χ0v) is 15.3. The molecule has 0 radical (unpaired) electrons. The largest absolute Gasteiger partial charge is 0.369 e. The van der Waals surface area contributed by atoms with Crippen molar-refractivity contribution in [2.45, 2.75) is 57.4 Å². The third-order valence-electron chi connectivity index (χ3n) is 4.53. The Balaban J connectivity index is 1.93. The minimum atomic E-state index is -0.0896. The lowest BCUT2D eigenvalue weighted by atomic mass is 9.90. The highest BCUT2D eigenvalue weighted by Crippen LogP contribution is 2.41. The summed E-state index contributed by atoms with van der Waals surface area (Å²) in [5.41, 5.74) is 2.21. The van der Waals surface area contributed by atoms with Gasteiger partial charge < -0.3 is 4.74 Å². The van der Waals surface area contributed by atoms with Gasteiger partial charge in [0.25, 0.3) is 0 Å². The maximum Gasteiger partial charge on any atom is 0.176 e. The van der Waals surface area contributed by atoms with E-state index in [9.17, 15) is 0 Å². The molecule has 1 atom stereocenters. The second-order valence-electron chi connectivity index (χ2n) is 6.22. The third kappa shape index (κ3) is 2.45. The Morgan fingerprint density at radius 3 is 3.09 bits per heavy atom. The monoisotopic (exact) mass is 348 g/mol. The first kappa shape index (κ1) is 15.4. The zero-order valence-electron chi connectivity index (χ0n) is 13.6. The van der Waals surface area contributed by atoms with Crippen LogP contribution >= 0.6 is 23.1 Å². The van der Waals surface area contributed by atoms with Crippen molar-refractivity contribution in [3.05, 3.63) is 16.8 Å². The van der Waals surface area contributed by atoms with Crippen LogP contribution in [0.5, 0.6) is 0 Å². The molecule has 3 aromatic heterocycles. The molecule has 0 saturated carbocycles. The summed E-state index contributed by atoms with van der Waals surface area (Å²) in [7, 11) is 0. The molecule has 0 fully saturated rings. The average molecular weight is 348 g/mol. The predicted octanol–water partition coefficient (Wildman–Crippen LogP) is 4.08. The van der Waals surface area contributed by atoms with E-state index in [-0.39, 0.29) is 5.60 Å². The van der Waals surface area contributed by atoms with Gasteiger partial charge in [0, 0.05) is 17.1 Å². The maximum atomic E-state index is 6.09. The number of hydrogen-bond donors (Lipinski definition) is 0. The van der Waals surface area contributed by atoms with E-state index in [1.807, 2.05) is 4.40 Å². The SMILES string of the molecule is CCCSc1nc2sc3c(c2c2nncn12)C[C@](C)(CC)OC3. The Kier molecular flexibility index (Phi) is 3.82. The number of ether oxygens (including phenoxy) is 1. The fourth-order valence-corrected chi connectivity index (χ4v) is 4.95. The Morgan fingerprint density at radius 1 is 1.43 bits per heavy atom. The van der Waals surface area contributed by atoms with Crippen molar-refractivity contribution in [3.63, 3.8) is 0 Å². The predicted molar refractivity (Wildman–Crippen MR) is 94.4 cm³/mol. The van der Waals surface area contributed by atoms with Crippen molar-refractivity contribution < 1.29 is 4.74 Å². The van der Waals surface area contributed by atoms with E-state index in [4.69, 9.17) is 9.72 Å². The molecule has 1 aliphatic heterocycles. The van der Waals surface area contributed by atoms with Crippen molar-refractivity contribution in [1.82, 2.24) is 19.6 Å². The van der Waals surface area contributed by atoms with Gasteiger partial charge in [0.15, 0.2) is 10.8 Å². The molecule has 0 aromatic carbocycles. The first-order chi connectivity index (χ1) is 11.1. The van der Waals surface area contributed by atoms with Crippen LogP contribution in [0.3, 0.4) is 0 Å². The summed E-state index contributed by atoms with van der Waals surface area (Å²) in [4.78, 5) is 7.26. The van der Waals surface area contributed by atoms with Crippen molar-refractivity contribution in [2.24, 2.45) is 0 Å². The van der Waals surface area contributed by atoms with Crippen molar-refractivity contribution in [1.29, 1.82) is 0 Å². The van der Waals surface area contributed by atoms with Crippen LogP contribution < -0.4 is 0 Å². The van der Waals surface area contributed by atoms with E-state index >= 15 is 0 Å². The molecule has 4 heterocycles. The molecule has 0 N–H and O–H groups in total. The lowest BCUT2D eigenvalue weighted by molar-refractivity contribution is -0.0542. The molecule has 7 heteroatoms. The van der Waals surface area contributed by atoms with Gasteiger partial charge in [0.2, 0.25) is 0 Å². The number of aromatic nitrogens is 4. The highest BCUT2D eigenvalue weighted by Gasteiger charge is 2.33. The summed E-state index contributed by atoms with van der Waals surface area (Å²) >= 11 is 3.51. The topological polar surface area (TPSA) is 52.3 Å². The van der Waals surface area contributed by atoms with E-state index in [0.29, 0.717) is 6.61 Å². The van der Waals surface area contributed by atoms with Crippen LogP contribution in [0.25, 0.3) is 15.9 Å². The minimum Gasteiger partial charge on any atom is -0.369 e. The molecule has 0 saturated heterocycles. The second-order valence-corrected chi connectivity index (χ2v) is 8.37. The van der Waals surface area contributed by atoms with E-state index in [2.05, 4.69) is 31.0 Å². The lowest BCUT2D eigenvalue weighted by Gasteiger charge is -2.32. The van der Waals surface area contributed by atoms with E-state index < -0.39 is 0 Å². The van der Waals surface area contributed by atoms with E-state index in [1.54, 1.807) is 29.4 Å². The van der Waals surface area contributed by atoms with Crippen molar-refractivity contribution in [2.75, 3.05) is 5.75 Å². The van der Waals surface area contributed by atoms with Crippen LogP contribution in [0.4, 0.5) is 0 Å². The standard InChI is InChI=1S/C16H20N4OS2/c1-4-6-22-15-18-14-12(13-19-17-9-20(13)15)10-7-16(3,5-2)21-8-11(10)23-14/h9H,4-8H2,1-3H3/t16-/m0/s1. The van der Waals surface area contributed by atoms with Gasteiger partial charge in [-0.05, 0) is 25.3 Å². The van der Waals surface area contributed by atoms with Crippen LogP contribution in [0.2, 0.25) is 0 Å². The van der Waals surface area contributed by atoms with Gasteiger partial charge in [0.1, 0.15) is 11.2 Å².